The lowest BCUT2D eigenvalue weighted by molar-refractivity contribution is -0.0236. The van der Waals surface area contributed by atoms with Crippen LogP contribution >= 0.6 is 0 Å². The molecule has 0 aromatic carbocycles. The minimum atomic E-state index is -0.0929. The third-order valence-electron chi connectivity index (χ3n) is 7.02. The number of carbonyl (C=O) groups is 1. The Kier molecular flexibility index (Phi) is 3.58. The number of hydrogen-bond acceptors (Lipinski definition) is 4. The molecule has 1 aromatic rings. The van der Waals surface area contributed by atoms with Gasteiger partial charge in [-0.15, -0.1) is 0 Å². The fourth-order valence-corrected chi connectivity index (χ4v) is 5.98. The molecule has 0 spiro atoms. The van der Waals surface area contributed by atoms with E-state index in [0.717, 1.165) is 30.1 Å². The number of amides is 1. The Morgan fingerprint density at radius 2 is 1.67 bits per heavy atom. The van der Waals surface area contributed by atoms with Gasteiger partial charge in [-0.2, -0.15) is 0 Å². The molecule has 1 heterocycles. The van der Waals surface area contributed by atoms with Crippen LogP contribution in [0.5, 0.6) is 0 Å². The van der Waals surface area contributed by atoms with Crippen LogP contribution in [-0.4, -0.2) is 34.0 Å². The molecule has 128 valence electrons. The molecular weight excluding hydrogens is 300 g/mol. The minimum Gasteiger partial charge on any atom is -0.346 e. The molecule has 5 nitrogen and oxygen atoms in total. The molecule has 6 rings (SSSR count). The molecule has 24 heavy (non-hydrogen) atoms. The summed E-state index contributed by atoms with van der Waals surface area (Å²) in [5.41, 5.74) is 0.415. The normalized spacial score (nSPS) is 42.6. The van der Waals surface area contributed by atoms with E-state index in [4.69, 9.17) is 0 Å². The molecule has 0 saturated heterocycles. The van der Waals surface area contributed by atoms with Crippen molar-refractivity contribution in [3.63, 3.8) is 0 Å². The van der Waals surface area contributed by atoms with Crippen molar-refractivity contribution in [2.75, 3.05) is 0 Å². The van der Waals surface area contributed by atoms with Crippen LogP contribution in [0.3, 0.4) is 0 Å². The van der Waals surface area contributed by atoms with Gasteiger partial charge in [0, 0.05) is 30.5 Å². The lowest BCUT2D eigenvalue weighted by atomic mass is 9.54. The zero-order valence-electron chi connectivity index (χ0n) is 14.0. The van der Waals surface area contributed by atoms with E-state index in [9.17, 15) is 4.79 Å². The van der Waals surface area contributed by atoms with Crippen molar-refractivity contribution in [2.45, 2.75) is 63.1 Å². The van der Waals surface area contributed by atoms with Gasteiger partial charge in [-0.05, 0) is 68.6 Å². The molecule has 5 fully saturated rings. The molecule has 0 unspecified atom stereocenters. The summed E-state index contributed by atoms with van der Waals surface area (Å²) < 4.78 is 0. The number of rotatable bonds is 4. The van der Waals surface area contributed by atoms with Crippen LogP contribution in [0.4, 0.5) is 0 Å². The van der Waals surface area contributed by atoms with Crippen LogP contribution in [0.25, 0.3) is 0 Å². The van der Waals surface area contributed by atoms with Gasteiger partial charge in [0.15, 0.2) is 0 Å². The van der Waals surface area contributed by atoms with Gasteiger partial charge in [0.25, 0.3) is 5.91 Å². The van der Waals surface area contributed by atoms with Gasteiger partial charge < -0.3 is 10.6 Å². The first-order valence-electron chi connectivity index (χ1n) is 9.59. The summed E-state index contributed by atoms with van der Waals surface area (Å²) in [5, 5.41) is 7.11. The summed E-state index contributed by atoms with van der Waals surface area (Å²) in [6, 6.07) is 1.38. The van der Waals surface area contributed by atoms with Crippen molar-refractivity contribution < 1.29 is 4.79 Å². The first-order chi connectivity index (χ1) is 11.8. The van der Waals surface area contributed by atoms with Crippen LogP contribution < -0.4 is 10.6 Å². The molecular formula is C19H26N4O. The number of nitrogens with zero attached hydrogens (tertiary/aromatic N) is 2. The lowest BCUT2D eigenvalue weighted by Gasteiger charge is -2.56. The predicted octanol–water partition coefficient (Wildman–Crippen LogP) is 2.15. The third-order valence-corrected chi connectivity index (χ3v) is 7.02. The highest BCUT2D eigenvalue weighted by atomic mass is 16.2. The van der Waals surface area contributed by atoms with Crippen molar-refractivity contribution in [1.82, 2.24) is 20.6 Å². The lowest BCUT2D eigenvalue weighted by Crippen LogP contribution is -2.64. The second kappa shape index (κ2) is 5.80. The van der Waals surface area contributed by atoms with Gasteiger partial charge >= 0.3 is 0 Å². The first kappa shape index (κ1) is 14.8. The highest BCUT2D eigenvalue weighted by Crippen LogP contribution is 2.54. The molecule has 4 bridgehead atoms. The van der Waals surface area contributed by atoms with Crippen LogP contribution in [0.1, 0.15) is 55.4 Å². The van der Waals surface area contributed by atoms with E-state index in [2.05, 4.69) is 20.6 Å². The SMILES string of the molecule is O=C(N[C@H]1CC[C@H]1NC1C2CC3CC(C2)CC1C3)c1cnccn1. The van der Waals surface area contributed by atoms with Gasteiger partial charge in [-0.3, -0.25) is 9.78 Å². The predicted molar refractivity (Wildman–Crippen MR) is 90.3 cm³/mol. The van der Waals surface area contributed by atoms with E-state index in [0.29, 0.717) is 17.8 Å². The van der Waals surface area contributed by atoms with Gasteiger partial charge in [0.1, 0.15) is 5.69 Å². The van der Waals surface area contributed by atoms with Gasteiger partial charge in [0.05, 0.1) is 6.20 Å². The summed E-state index contributed by atoms with van der Waals surface area (Å²) in [6.07, 6.45) is 14.2. The van der Waals surface area contributed by atoms with E-state index in [-0.39, 0.29) is 11.9 Å². The fraction of sp³-hybridized carbons (Fsp3) is 0.737. The quantitative estimate of drug-likeness (QED) is 0.890. The molecule has 2 atom stereocenters. The number of hydrogen-bond donors (Lipinski definition) is 2. The highest BCUT2D eigenvalue weighted by molar-refractivity contribution is 5.92. The van der Waals surface area contributed by atoms with E-state index >= 15 is 0 Å². The van der Waals surface area contributed by atoms with Gasteiger partial charge in [-0.1, -0.05) is 0 Å². The van der Waals surface area contributed by atoms with Crippen molar-refractivity contribution in [3.8, 4) is 0 Å². The number of aromatic nitrogens is 2. The Balaban J connectivity index is 1.20. The molecule has 0 aliphatic heterocycles. The zero-order chi connectivity index (χ0) is 16.1. The average molecular weight is 326 g/mol. The molecule has 5 aliphatic carbocycles. The molecule has 5 aliphatic rings. The van der Waals surface area contributed by atoms with Crippen molar-refractivity contribution in [3.05, 3.63) is 24.3 Å². The van der Waals surface area contributed by atoms with Crippen LogP contribution in [0.2, 0.25) is 0 Å². The van der Waals surface area contributed by atoms with Crippen LogP contribution in [-0.2, 0) is 0 Å². The van der Waals surface area contributed by atoms with Crippen molar-refractivity contribution in [2.24, 2.45) is 23.7 Å². The standard InChI is InChI=1S/C19H26N4O/c24-19(17-10-20-3-4-21-17)23-16-2-1-15(16)22-18-13-6-11-5-12(8-13)9-14(18)7-11/h3-4,10-16,18,22H,1-2,5-9H2,(H,23,24)/t11?,12?,13?,14?,15-,16+,18?/m1/s1. The first-order valence-corrected chi connectivity index (χ1v) is 9.59. The van der Waals surface area contributed by atoms with Gasteiger partial charge in [-0.25, -0.2) is 4.98 Å². The molecule has 2 N–H and O–H groups in total. The monoisotopic (exact) mass is 326 g/mol. The second-order valence-electron chi connectivity index (χ2n) is 8.48. The van der Waals surface area contributed by atoms with E-state index in [1.807, 2.05) is 0 Å². The summed E-state index contributed by atoms with van der Waals surface area (Å²) in [5.74, 6) is 3.71. The average Bonchev–Trinajstić information content (AvgIpc) is 2.58. The fourth-order valence-electron chi connectivity index (χ4n) is 5.98. The molecule has 5 heteroatoms. The van der Waals surface area contributed by atoms with E-state index in [1.54, 1.807) is 12.4 Å². The maximum atomic E-state index is 12.3. The smallest absolute Gasteiger partial charge is 0.271 e. The third kappa shape index (κ3) is 2.53. The number of carbonyl (C=O) groups excluding carboxylic acids is 1. The summed E-state index contributed by atoms with van der Waals surface area (Å²) in [6.45, 7) is 0. The summed E-state index contributed by atoms with van der Waals surface area (Å²) in [4.78, 5) is 20.4. The van der Waals surface area contributed by atoms with Crippen molar-refractivity contribution >= 4 is 5.91 Å². The number of nitrogens with one attached hydrogen (secondary N) is 2. The van der Waals surface area contributed by atoms with Gasteiger partial charge in [0.2, 0.25) is 0 Å². The molecule has 1 amide bonds. The second-order valence-corrected chi connectivity index (χ2v) is 8.48. The Morgan fingerprint density at radius 1 is 0.958 bits per heavy atom. The largest absolute Gasteiger partial charge is 0.346 e. The Labute approximate surface area is 143 Å². The molecule has 1 aromatic heterocycles. The Hall–Kier alpha value is -1.49. The molecule has 5 saturated carbocycles. The summed E-state index contributed by atoms with van der Waals surface area (Å²) >= 11 is 0. The van der Waals surface area contributed by atoms with Crippen LogP contribution in [0, 0.1) is 23.7 Å². The Morgan fingerprint density at radius 3 is 2.25 bits per heavy atom. The maximum absolute atomic E-state index is 12.3. The zero-order valence-corrected chi connectivity index (χ0v) is 14.0. The highest BCUT2D eigenvalue weighted by Gasteiger charge is 2.49. The maximum Gasteiger partial charge on any atom is 0.271 e. The topological polar surface area (TPSA) is 66.9 Å². The van der Waals surface area contributed by atoms with E-state index < -0.39 is 0 Å². The summed E-state index contributed by atoms with van der Waals surface area (Å²) in [7, 11) is 0. The van der Waals surface area contributed by atoms with Crippen molar-refractivity contribution in [1.29, 1.82) is 0 Å². The minimum absolute atomic E-state index is 0.0929. The van der Waals surface area contributed by atoms with Crippen LogP contribution in [0.15, 0.2) is 18.6 Å². The Bertz CT molecular complexity index is 591. The van der Waals surface area contributed by atoms with E-state index in [1.165, 1.54) is 44.7 Å². The molecule has 0 radical (unpaired) electrons.